The van der Waals surface area contributed by atoms with Crippen molar-refractivity contribution in [2.75, 3.05) is 0 Å². The van der Waals surface area contributed by atoms with Crippen molar-refractivity contribution in [2.24, 2.45) is 0 Å². The van der Waals surface area contributed by atoms with Gasteiger partial charge in [0.2, 0.25) is 0 Å². The Morgan fingerprint density at radius 1 is 1.53 bits per heavy atom. The Balaban J connectivity index is 2.28. The molecule has 0 bridgehead atoms. The molecule has 0 saturated heterocycles. The number of hydrogen-bond acceptors (Lipinski definition) is 1. The smallest absolute Gasteiger partial charge is 0.0469 e. The minimum Gasteiger partial charge on any atom is -0.261 e. The maximum absolute atomic E-state index is 4.57. The zero-order valence-corrected chi connectivity index (χ0v) is 9.50. The van der Waals surface area contributed by atoms with Gasteiger partial charge in [0.1, 0.15) is 0 Å². The number of rotatable bonds is 2. The Kier molecular flexibility index (Phi) is 3.20. The molecule has 0 radical (unpaired) electrons. The lowest BCUT2D eigenvalue weighted by molar-refractivity contribution is 0.581. The van der Waals surface area contributed by atoms with Crippen molar-refractivity contribution in [3.63, 3.8) is 0 Å². The van der Waals surface area contributed by atoms with Gasteiger partial charge in [-0.15, -0.1) is 6.58 Å². The van der Waals surface area contributed by atoms with Crippen LogP contribution in [0.5, 0.6) is 0 Å². The van der Waals surface area contributed by atoms with E-state index in [4.69, 9.17) is 0 Å². The van der Waals surface area contributed by atoms with Crippen LogP contribution in [-0.2, 0) is 6.42 Å². The molecular weight excluding hydrogens is 182 g/mol. The summed E-state index contributed by atoms with van der Waals surface area (Å²) < 4.78 is 0. The van der Waals surface area contributed by atoms with Gasteiger partial charge in [-0.05, 0) is 44.2 Å². The lowest BCUT2D eigenvalue weighted by atomic mass is 9.92. The van der Waals surface area contributed by atoms with E-state index in [9.17, 15) is 0 Å². The molecule has 0 N–H and O–H groups in total. The van der Waals surface area contributed by atoms with E-state index >= 15 is 0 Å². The number of hydrogen-bond donors (Lipinski definition) is 0. The van der Waals surface area contributed by atoms with E-state index in [1.165, 1.54) is 42.5 Å². The molecule has 1 aliphatic rings. The van der Waals surface area contributed by atoms with Gasteiger partial charge in [0.15, 0.2) is 0 Å². The maximum atomic E-state index is 4.57. The number of pyridine rings is 1. The molecule has 0 aliphatic heterocycles. The van der Waals surface area contributed by atoms with Crippen molar-refractivity contribution in [2.45, 2.75) is 44.9 Å². The van der Waals surface area contributed by atoms with Crippen LogP contribution in [0.3, 0.4) is 0 Å². The fourth-order valence-electron chi connectivity index (χ4n) is 2.49. The van der Waals surface area contributed by atoms with Gasteiger partial charge in [0.05, 0.1) is 0 Å². The average Bonchev–Trinajstić information content (AvgIpc) is 2.41. The molecule has 1 unspecified atom stereocenters. The Morgan fingerprint density at radius 2 is 2.40 bits per heavy atom. The molecule has 0 spiro atoms. The zero-order chi connectivity index (χ0) is 10.7. The molecule has 0 amide bonds. The Labute approximate surface area is 92.2 Å². The van der Waals surface area contributed by atoms with Crippen LogP contribution in [0.4, 0.5) is 0 Å². The summed E-state index contributed by atoms with van der Waals surface area (Å²) in [6.07, 6.45) is 8.14. The van der Waals surface area contributed by atoms with Gasteiger partial charge in [-0.25, -0.2) is 0 Å². The summed E-state index contributed by atoms with van der Waals surface area (Å²) >= 11 is 0. The van der Waals surface area contributed by atoms with Crippen molar-refractivity contribution in [1.29, 1.82) is 0 Å². The molecule has 0 saturated carbocycles. The highest BCUT2D eigenvalue weighted by Gasteiger charge is 2.19. The predicted molar refractivity (Wildman–Crippen MR) is 64.0 cm³/mol. The Hall–Kier alpha value is -1.11. The van der Waals surface area contributed by atoms with E-state index < -0.39 is 0 Å². The van der Waals surface area contributed by atoms with E-state index in [2.05, 4.69) is 30.6 Å². The monoisotopic (exact) mass is 201 g/mol. The lowest BCUT2D eigenvalue weighted by Gasteiger charge is -2.16. The first-order chi connectivity index (χ1) is 7.27. The van der Waals surface area contributed by atoms with Gasteiger partial charge >= 0.3 is 0 Å². The van der Waals surface area contributed by atoms with Crippen molar-refractivity contribution in [1.82, 2.24) is 4.98 Å². The van der Waals surface area contributed by atoms with Gasteiger partial charge < -0.3 is 0 Å². The van der Waals surface area contributed by atoms with Gasteiger partial charge in [-0.2, -0.15) is 0 Å². The summed E-state index contributed by atoms with van der Waals surface area (Å²) in [6.45, 7) is 6.14. The molecular formula is C14H19N. The molecule has 80 valence electrons. The summed E-state index contributed by atoms with van der Waals surface area (Å²) in [5.41, 5.74) is 4.07. The van der Waals surface area contributed by atoms with Crippen LogP contribution >= 0.6 is 0 Å². The van der Waals surface area contributed by atoms with Crippen LogP contribution in [0.1, 0.15) is 49.8 Å². The van der Waals surface area contributed by atoms with Gasteiger partial charge in [0, 0.05) is 17.8 Å². The summed E-state index contributed by atoms with van der Waals surface area (Å²) in [4.78, 5) is 4.57. The van der Waals surface area contributed by atoms with Crippen molar-refractivity contribution in [3.8, 4) is 0 Å². The predicted octanol–water partition coefficient (Wildman–Crippen LogP) is 3.86. The summed E-state index contributed by atoms with van der Waals surface area (Å²) in [7, 11) is 0. The zero-order valence-electron chi connectivity index (χ0n) is 9.50. The second kappa shape index (κ2) is 4.61. The van der Waals surface area contributed by atoms with Crippen LogP contribution in [0.2, 0.25) is 0 Å². The summed E-state index contributed by atoms with van der Waals surface area (Å²) in [5, 5.41) is 0. The molecule has 1 heterocycles. The maximum Gasteiger partial charge on any atom is 0.0469 e. The van der Waals surface area contributed by atoms with E-state index in [1.54, 1.807) is 0 Å². The first kappa shape index (κ1) is 10.4. The first-order valence-electron chi connectivity index (χ1n) is 5.85. The van der Waals surface area contributed by atoms with Gasteiger partial charge in [0.25, 0.3) is 0 Å². The molecule has 1 aromatic rings. The first-order valence-corrected chi connectivity index (χ1v) is 5.85. The topological polar surface area (TPSA) is 12.9 Å². The minimum absolute atomic E-state index is 0.612. The average molecular weight is 201 g/mol. The number of aryl methyl sites for hydroxylation is 1. The highest BCUT2D eigenvalue weighted by molar-refractivity contribution is 5.25. The molecule has 1 heteroatoms. The van der Waals surface area contributed by atoms with Crippen molar-refractivity contribution in [3.05, 3.63) is 41.7 Å². The Morgan fingerprint density at radius 3 is 3.20 bits per heavy atom. The normalized spacial score (nSPS) is 20.5. The highest BCUT2D eigenvalue weighted by Crippen LogP contribution is 2.32. The Bertz CT molecular complexity index is 354. The molecule has 15 heavy (non-hydrogen) atoms. The third-order valence-corrected chi connectivity index (χ3v) is 3.16. The van der Waals surface area contributed by atoms with E-state index in [0.717, 1.165) is 6.42 Å². The third kappa shape index (κ3) is 2.47. The molecule has 1 atom stereocenters. The number of allylic oxidation sites excluding steroid dienone is 1. The fraction of sp³-hybridized carbons (Fsp3) is 0.500. The van der Waals surface area contributed by atoms with E-state index in [-0.39, 0.29) is 0 Å². The molecule has 0 fully saturated rings. The summed E-state index contributed by atoms with van der Waals surface area (Å²) in [5.74, 6) is 0.612. The van der Waals surface area contributed by atoms with E-state index in [0.29, 0.717) is 5.92 Å². The van der Waals surface area contributed by atoms with Crippen LogP contribution in [0.25, 0.3) is 0 Å². The highest BCUT2D eigenvalue weighted by atomic mass is 14.7. The number of nitrogens with zero attached hydrogens (tertiary/aromatic N) is 1. The SMILES string of the molecule is C=C(C)CC1CCCCc2cccnc21. The number of aromatic nitrogens is 1. The quantitative estimate of drug-likeness (QED) is 0.523. The molecule has 2 rings (SSSR count). The van der Waals surface area contributed by atoms with Gasteiger partial charge in [-0.1, -0.05) is 18.1 Å². The van der Waals surface area contributed by atoms with Crippen molar-refractivity contribution < 1.29 is 0 Å². The fourth-order valence-corrected chi connectivity index (χ4v) is 2.49. The van der Waals surface area contributed by atoms with Crippen molar-refractivity contribution >= 4 is 0 Å². The van der Waals surface area contributed by atoms with Crippen LogP contribution in [0.15, 0.2) is 30.5 Å². The second-order valence-electron chi connectivity index (χ2n) is 4.65. The lowest BCUT2D eigenvalue weighted by Crippen LogP contribution is -2.03. The standard InChI is InChI=1S/C14H19N/c1-11(2)10-13-7-4-3-6-12-8-5-9-15-14(12)13/h5,8-9,13H,1,3-4,6-7,10H2,2H3. The van der Waals surface area contributed by atoms with Crippen LogP contribution < -0.4 is 0 Å². The van der Waals surface area contributed by atoms with E-state index in [1.807, 2.05) is 6.20 Å². The van der Waals surface area contributed by atoms with Crippen LogP contribution in [0, 0.1) is 0 Å². The van der Waals surface area contributed by atoms with Gasteiger partial charge in [-0.3, -0.25) is 4.98 Å². The molecule has 0 aromatic carbocycles. The molecule has 1 aliphatic carbocycles. The summed E-state index contributed by atoms with van der Waals surface area (Å²) in [6, 6.07) is 4.29. The number of fused-ring (bicyclic) bond motifs is 1. The molecule has 1 nitrogen and oxygen atoms in total. The van der Waals surface area contributed by atoms with Crippen LogP contribution in [-0.4, -0.2) is 4.98 Å². The molecule has 1 aromatic heterocycles. The second-order valence-corrected chi connectivity index (χ2v) is 4.65. The minimum atomic E-state index is 0.612. The largest absolute Gasteiger partial charge is 0.261 e. The third-order valence-electron chi connectivity index (χ3n) is 3.16.